The van der Waals surface area contributed by atoms with Crippen molar-refractivity contribution in [3.8, 4) is 0 Å². The molecule has 1 aromatic rings. The SMILES string of the molecule is Nc1cnccc1/C=C/C(=O)O. The first-order valence-corrected chi connectivity index (χ1v) is 3.30. The third-order valence-electron chi connectivity index (χ3n) is 1.29. The van der Waals surface area contributed by atoms with Crippen molar-refractivity contribution in [2.45, 2.75) is 0 Å². The minimum Gasteiger partial charge on any atom is -0.478 e. The van der Waals surface area contributed by atoms with Gasteiger partial charge in [0.05, 0.1) is 11.9 Å². The zero-order valence-electron chi connectivity index (χ0n) is 6.27. The summed E-state index contributed by atoms with van der Waals surface area (Å²) in [7, 11) is 0. The molecule has 4 nitrogen and oxygen atoms in total. The molecular weight excluding hydrogens is 156 g/mol. The van der Waals surface area contributed by atoms with Gasteiger partial charge in [0.2, 0.25) is 0 Å². The van der Waals surface area contributed by atoms with E-state index in [1.54, 1.807) is 12.3 Å². The van der Waals surface area contributed by atoms with Crippen LogP contribution in [0.15, 0.2) is 24.5 Å². The van der Waals surface area contributed by atoms with Crippen LogP contribution in [0.4, 0.5) is 5.69 Å². The Labute approximate surface area is 69.4 Å². The number of aliphatic carboxylic acids is 1. The van der Waals surface area contributed by atoms with E-state index in [0.29, 0.717) is 11.3 Å². The van der Waals surface area contributed by atoms with Gasteiger partial charge in [0.1, 0.15) is 0 Å². The molecule has 0 saturated carbocycles. The quantitative estimate of drug-likeness (QED) is 0.633. The summed E-state index contributed by atoms with van der Waals surface area (Å²) in [6, 6.07) is 1.65. The van der Waals surface area contributed by atoms with Gasteiger partial charge < -0.3 is 10.8 Å². The summed E-state index contributed by atoms with van der Waals surface area (Å²) in [5.74, 6) is -0.994. The lowest BCUT2D eigenvalue weighted by Crippen LogP contribution is -1.91. The van der Waals surface area contributed by atoms with Crippen molar-refractivity contribution in [3.63, 3.8) is 0 Å². The standard InChI is InChI=1S/C8H8N2O2/c9-7-5-10-4-3-6(7)1-2-8(11)12/h1-5H,9H2,(H,11,12)/b2-1+. The fourth-order valence-electron chi connectivity index (χ4n) is 0.730. The lowest BCUT2D eigenvalue weighted by molar-refractivity contribution is -0.131. The number of carbonyl (C=O) groups is 1. The van der Waals surface area contributed by atoms with E-state index in [1.165, 1.54) is 12.3 Å². The van der Waals surface area contributed by atoms with Crippen LogP contribution in [0.1, 0.15) is 5.56 Å². The van der Waals surface area contributed by atoms with Gasteiger partial charge in [-0.05, 0) is 12.1 Å². The van der Waals surface area contributed by atoms with E-state index in [0.717, 1.165) is 6.08 Å². The Morgan fingerprint density at radius 1 is 1.67 bits per heavy atom. The molecule has 0 atom stereocenters. The highest BCUT2D eigenvalue weighted by Gasteiger charge is 1.93. The van der Waals surface area contributed by atoms with Crippen molar-refractivity contribution in [3.05, 3.63) is 30.1 Å². The number of carboxylic acids is 1. The molecule has 0 radical (unpaired) electrons. The molecule has 1 aromatic heterocycles. The highest BCUT2D eigenvalue weighted by atomic mass is 16.4. The van der Waals surface area contributed by atoms with Crippen molar-refractivity contribution >= 4 is 17.7 Å². The Morgan fingerprint density at radius 3 is 3.00 bits per heavy atom. The van der Waals surface area contributed by atoms with Crippen molar-refractivity contribution in [1.29, 1.82) is 0 Å². The van der Waals surface area contributed by atoms with Crippen LogP contribution in [0.25, 0.3) is 6.08 Å². The number of hydrogen-bond donors (Lipinski definition) is 2. The number of anilines is 1. The van der Waals surface area contributed by atoms with Gasteiger partial charge in [-0.3, -0.25) is 4.98 Å². The molecule has 1 rings (SSSR count). The maximum absolute atomic E-state index is 10.1. The number of nitrogens with zero attached hydrogens (tertiary/aromatic N) is 1. The summed E-state index contributed by atoms with van der Waals surface area (Å²) < 4.78 is 0. The lowest BCUT2D eigenvalue weighted by atomic mass is 10.2. The zero-order valence-corrected chi connectivity index (χ0v) is 6.27. The Bertz CT molecular complexity index is 321. The highest BCUT2D eigenvalue weighted by molar-refractivity contribution is 5.86. The van der Waals surface area contributed by atoms with Crippen LogP contribution in [0.2, 0.25) is 0 Å². The largest absolute Gasteiger partial charge is 0.478 e. The summed E-state index contributed by atoms with van der Waals surface area (Å²) in [5, 5.41) is 8.32. The smallest absolute Gasteiger partial charge is 0.328 e. The minimum atomic E-state index is -0.994. The van der Waals surface area contributed by atoms with Crippen molar-refractivity contribution in [2.75, 3.05) is 5.73 Å². The van der Waals surface area contributed by atoms with Gasteiger partial charge in [-0.1, -0.05) is 0 Å². The number of nitrogens with two attached hydrogens (primary N) is 1. The van der Waals surface area contributed by atoms with Crippen LogP contribution in [-0.2, 0) is 4.79 Å². The number of rotatable bonds is 2. The van der Waals surface area contributed by atoms with E-state index in [4.69, 9.17) is 10.8 Å². The van der Waals surface area contributed by atoms with E-state index in [1.807, 2.05) is 0 Å². The third-order valence-corrected chi connectivity index (χ3v) is 1.29. The van der Waals surface area contributed by atoms with Crippen molar-refractivity contribution in [2.24, 2.45) is 0 Å². The molecule has 0 aliphatic rings. The topological polar surface area (TPSA) is 76.2 Å². The third kappa shape index (κ3) is 2.09. The normalized spacial score (nSPS) is 10.3. The van der Waals surface area contributed by atoms with Crippen LogP contribution in [0.3, 0.4) is 0 Å². The molecule has 0 aliphatic carbocycles. The zero-order chi connectivity index (χ0) is 8.97. The van der Waals surface area contributed by atoms with Gasteiger partial charge in [-0.25, -0.2) is 4.79 Å². The van der Waals surface area contributed by atoms with E-state index in [9.17, 15) is 4.79 Å². The summed E-state index contributed by atoms with van der Waals surface area (Å²) in [6.07, 6.45) is 5.49. The molecule has 0 fully saturated rings. The van der Waals surface area contributed by atoms with Gasteiger partial charge in [0, 0.05) is 17.8 Å². The molecule has 0 saturated heterocycles. The average Bonchev–Trinajstić information content (AvgIpc) is 2.03. The van der Waals surface area contributed by atoms with E-state index < -0.39 is 5.97 Å². The second-order valence-corrected chi connectivity index (χ2v) is 2.18. The molecule has 62 valence electrons. The number of aromatic nitrogens is 1. The number of pyridine rings is 1. The van der Waals surface area contributed by atoms with Gasteiger partial charge >= 0.3 is 5.97 Å². The number of carboxylic acid groups (broad SMARTS) is 1. The Kier molecular flexibility index (Phi) is 2.42. The second-order valence-electron chi connectivity index (χ2n) is 2.18. The van der Waals surface area contributed by atoms with E-state index in [-0.39, 0.29) is 0 Å². The van der Waals surface area contributed by atoms with Crippen LogP contribution in [0, 0.1) is 0 Å². The molecule has 0 amide bonds. The number of hydrogen-bond acceptors (Lipinski definition) is 3. The molecule has 0 spiro atoms. The summed E-state index contributed by atoms with van der Waals surface area (Å²) >= 11 is 0. The van der Waals surface area contributed by atoms with Gasteiger partial charge in [-0.2, -0.15) is 0 Å². The molecule has 0 aliphatic heterocycles. The first-order valence-electron chi connectivity index (χ1n) is 3.30. The molecule has 0 unspecified atom stereocenters. The summed E-state index contributed by atoms with van der Waals surface area (Å²) in [6.45, 7) is 0. The van der Waals surface area contributed by atoms with Gasteiger partial charge in [-0.15, -0.1) is 0 Å². The average molecular weight is 164 g/mol. The Balaban J connectivity index is 2.89. The monoisotopic (exact) mass is 164 g/mol. The first-order chi connectivity index (χ1) is 5.70. The van der Waals surface area contributed by atoms with Crippen LogP contribution >= 0.6 is 0 Å². The summed E-state index contributed by atoms with van der Waals surface area (Å²) in [5.41, 5.74) is 6.63. The summed E-state index contributed by atoms with van der Waals surface area (Å²) in [4.78, 5) is 13.9. The molecular formula is C8H8N2O2. The maximum Gasteiger partial charge on any atom is 0.328 e. The predicted octanol–water partition coefficient (Wildman–Crippen LogP) is 0.762. The minimum absolute atomic E-state index is 0.468. The maximum atomic E-state index is 10.1. The fourth-order valence-corrected chi connectivity index (χ4v) is 0.730. The molecule has 12 heavy (non-hydrogen) atoms. The van der Waals surface area contributed by atoms with Crippen LogP contribution in [-0.4, -0.2) is 16.1 Å². The van der Waals surface area contributed by atoms with Crippen LogP contribution < -0.4 is 5.73 Å². The van der Waals surface area contributed by atoms with Crippen LogP contribution in [0.5, 0.6) is 0 Å². The molecule has 1 heterocycles. The molecule has 0 aromatic carbocycles. The van der Waals surface area contributed by atoms with Crippen molar-refractivity contribution < 1.29 is 9.90 Å². The lowest BCUT2D eigenvalue weighted by Gasteiger charge is -1.95. The molecule has 3 N–H and O–H groups in total. The fraction of sp³-hybridized carbons (Fsp3) is 0. The van der Waals surface area contributed by atoms with Crippen molar-refractivity contribution in [1.82, 2.24) is 4.98 Å². The first kappa shape index (κ1) is 8.26. The highest BCUT2D eigenvalue weighted by Crippen LogP contribution is 2.09. The second kappa shape index (κ2) is 3.52. The number of nitrogen functional groups attached to an aromatic ring is 1. The van der Waals surface area contributed by atoms with E-state index >= 15 is 0 Å². The molecule has 0 bridgehead atoms. The van der Waals surface area contributed by atoms with E-state index in [2.05, 4.69) is 4.98 Å². The van der Waals surface area contributed by atoms with Gasteiger partial charge in [0.25, 0.3) is 0 Å². The Hall–Kier alpha value is -1.84. The molecule has 4 heteroatoms. The Morgan fingerprint density at radius 2 is 2.42 bits per heavy atom. The van der Waals surface area contributed by atoms with Gasteiger partial charge in [0.15, 0.2) is 0 Å². The predicted molar refractivity (Wildman–Crippen MR) is 45.3 cm³/mol.